The van der Waals surface area contributed by atoms with Crippen molar-refractivity contribution in [1.82, 2.24) is 10.3 Å². The minimum Gasteiger partial charge on any atom is -0.359 e. The second kappa shape index (κ2) is 6.58. The number of aromatic nitrogens is 1. The lowest BCUT2D eigenvalue weighted by Gasteiger charge is -2.22. The average molecular weight is 257 g/mol. The number of terminal acetylenes is 1. The highest BCUT2D eigenvalue weighted by atomic mass is 15.1. The molecule has 102 valence electrons. The molecule has 0 radical (unpaired) electrons. The normalized spacial score (nSPS) is 15.8. The van der Waals surface area contributed by atoms with Crippen LogP contribution >= 0.6 is 0 Å². The van der Waals surface area contributed by atoms with E-state index in [0.29, 0.717) is 12.6 Å². The van der Waals surface area contributed by atoms with E-state index >= 15 is 0 Å². The van der Waals surface area contributed by atoms with Crippen LogP contribution in [-0.4, -0.2) is 25.1 Å². The van der Waals surface area contributed by atoms with Gasteiger partial charge in [0.25, 0.3) is 0 Å². The third-order valence-electron chi connectivity index (χ3n) is 3.71. The number of nitrogens with zero attached hydrogens (tertiary/aromatic N) is 2. The molecule has 1 aliphatic carbocycles. The van der Waals surface area contributed by atoms with Gasteiger partial charge in [-0.1, -0.05) is 12.8 Å². The van der Waals surface area contributed by atoms with E-state index in [1.165, 1.54) is 12.8 Å². The molecule has 0 aliphatic heterocycles. The van der Waals surface area contributed by atoms with Crippen molar-refractivity contribution in [3.8, 4) is 12.3 Å². The van der Waals surface area contributed by atoms with Crippen molar-refractivity contribution in [2.75, 3.05) is 25.0 Å². The summed E-state index contributed by atoms with van der Waals surface area (Å²) in [4.78, 5) is 6.84. The first-order valence-electron chi connectivity index (χ1n) is 7.10. The molecule has 0 bridgehead atoms. The van der Waals surface area contributed by atoms with Crippen LogP contribution < -0.4 is 10.2 Å². The Kier molecular flexibility index (Phi) is 4.81. The standard InChI is InChI=1S/C16H23N3/c1-4-10-19(12-13-6-7-13)14-8-9-16(18-11-14)15(5-2)17-3/h1,8-9,11,13,15,17H,5-7,10,12H2,2-3H3. The van der Waals surface area contributed by atoms with Gasteiger partial charge in [0.05, 0.1) is 24.1 Å². The maximum absolute atomic E-state index is 5.46. The Morgan fingerprint density at radius 3 is 2.79 bits per heavy atom. The molecule has 0 amide bonds. The van der Waals surface area contributed by atoms with Gasteiger partial charge in [0.1, 0.15) is 0 Å². The predicted molar refractivity (Wildman–Crippen MR) is 80.1 cm³/mol. The third kappa shape index (κ3) is 3.71. The summed E-state index contributed by atoms with van der Waals surface area (Å²) in [6.07, 6.45) is 11.1. The molecule has 0 spiro atoms. The Labute approximate surface area is 116 Å². The van der Waals surface area contributed by atoms with Crippen LogP contribution in [0.4, 0.5) is 5.69 Å². The number of rotatable bonds is 7. The Bertz CT molecular complexity index is 424. The molecule has 0 aromatic carbocycles. The van der Waals surface area contributed by atoms with E-state index in [-0.39, 0.29) is 0 Å². The SMILES string of the molecule is C#CCN(CC1CC1)c1ccc(C(CC)NC)nc1. The number of nitrogens with one attached hydrogen (secondary N) is 1. The van der Waals surface area contributed by atoms with Crippen LogP contribution in [0.25, 0.3) is 0 Å². The van der Waals surface area contributed by atoms with Gasteiger partial charge in [-0.15, -0.1) is 6.42 Å². The Morgan fingerprint density at radius 2 is 2.32 bits per heavy atom. The molecule has 1 aromatic heterocycles. The van der Waals surface area contributed by atoms with Crippen LogP contribution in [0.3, 0.4) is 0 Å². The molecule has 1 fully saturated rings. The average Bonchev–Trinajstić information content (AvgIpc) is 3.25. The van der Waals surface area contributed by atoms with E-state index in [9.17, 15) is 0 Å². The quantitative estimate of drug-likeness (QED) is 0.761. The van der Waals surface area contributed by atoms with E-state index in [4.69, 9.17) is 6.42 Å². The first kappa shape index (κ1) is 13.9. The summed E-state index contributed by atoms with van der Waals surface area (Å²) < 4.78 is 0. The fourth-order valence-corrected chi connectivity index (χ4v) is 2.34. The maximum atomic E-state index is 5.46. The van der Waals surface area contributed by atoms with Crippen molar-refractivity contribution >= 4 is 5.69 Å². The Morgan fingerprint density at radius 1 is 1.53 bits per heavy atom. The van der Waals surface area contributed by atoms with Crippen molar-refractivity contribution < 1.29 is 0 Å². The molecule has 0 saturated heterocycles. The van der Waals surface area contributed by atoms with Crippen LogP contribution in [-0.2, 0) is 0 Å². The summed E-state index contributed by atoms with van der Waals surface area (Å²) in [7, 11) is 1.97. The van der Waals surface area contributed by atoms with E-state index in [1.807, 2.05) is 13.2 Å². The zero-order valence-corrected chi connectivity index (χ0v) is 11.9. The van der Waals surface area contributed by atoms with E-state index in [0.717, 1.165) is 30.3 Å². The van der Waals surface area contributed by atoms with Crippen LogP contribution in [0.5, 0.6) is 0 Å². The van der Waals surface area contributed by atoms with Crippen molar-refractivity contribution in [3.05, 3.63) is 24.0 Å². The molecule has 1 unspecified atom stereocenters. The summed E-state index contributed by atoms with van der Waals surface area (Å²) >= 11 is 0. The van der Waals surface area contributed by atoms with Crippen molar-refractivity contribution in [2.45, 2.75) is 32.2 Å². The molecular weight excluding hydrogens is 234 g/mol. The molecule has 1 saturated carbocycles. The number of pyridine rings is 1. The van der Waals surface area contributed by atoms with Gasteiger partial charge in [-0.05, 0) is 44.4 Å². The molecular formula is C16H23N3. The lowest BCUT2D eigenvalue weighted by Crippen LogP contribution is -2.26. The summed E-state index contributed by atoms with van der Waals surface area (Å²) in [5.74, 6) is 3.57. The molecule has 1 aliphatic rings. The number of hydrogen-bond acceptors (Lipinski definition) is 3. The van der Waals surface area contributed by atoms with Crippen LogP contribution in [0.1, 0.15) is 37.9 Å². The minimum atomic E-state index is 0.332. The third-order valence-corrected chi connectivity index (χ3v) is 3.71. The van der Waals surface area contributed by atoms with Crippen LogP contribution in [0.15, 0.2) is 18.3 Å². The highest BCUT2D eigenvalue weighted by Crippen LogP contribution is 2.31. The van der Waals surface area contributed by atoms with Gasteiger partial charge >= 0.3 is 0 Å². The van der Waals surface area contributed by atoms with E-state index < -0.39 is 0 Å². The van der Waals surface area contributed by atoms with Crippen molar-refractivity contribution in [3.63, 3.8) is 0 Å². The predicted octanol–water partition coefficient (Wildman–Crippen LogP) is 2.60. The highest BCUT2D eigenvalue weighted by Gasteiger charge is 2.24. The fraction of sp³-hybridized carbons (Fsp3) is 0.562. The second-order valence-corrected chi connectivity index (χ2v) is 5.22. The molecule has 19 heavy (non-hydrogen) atoms. The number of hydrogen-bond donors (Lipinski definition) is 1. The lowest BCUT2D eigenvalue weighted by molar-refractivity contribution is 0.561. The smallest absolute Gasteiger partial charge is 0.0792 e. The van der Waals surface area contributed by atoms with Gasteiger partial charge < -0.3 is 10.2 Å². The number of anilines is 1. The van der Waals surface area contributed by atoms with Gasteiger partial charge in [0.2, 0.25) is 0 Å². The fourth-order valence-electron chi connectivity index (χ4n) is 2.34. The summed E-state index contributed by atoms with van der Waals surface area (Å²) in [6, 6.07) is 4.58. The summed E-state index contributed by atoms with van der Waals surface area (Å²) in [6.45, 7) is 3.89. The summed E-state index contributed by atoms with van der Waals surface area (Å²) in [5.41, 5.74) is 2.24. The Balaban J connectivity index is 2.08. The molecule has 1 heterocycles. The van der Waals surface area contributed by atoms with E-state index in [2.05, 4.69) is 40.2 Å². The first-order valence-corrected chi connectivity index (χ1v) is 7.10. The van der Waals surface area contributed by atoms with Crippen molar-refractivity contribution in [2.24, 2.45) is 5.92 Å². The van der Waals surface area contributed by atoms with Crippen LogP contribution in [0.2, 0.25) is 0 Å². The monoisotopic (exact) mass is 257 g/mol. The second-order valence-electron chi connectivity index (χ2n) is 5.22. The van der Waals surface area contributed by atoms with Crippen molar-refractivity contribution in [1.29, 1.82) is 0 Å². The van der Waals surface area contributed by atoms with Gasteiger partial charge in [0, 0.05) is 12.6 Å². The Hall–Kier alpha value is -1.53. The van der Waals surface area contributed by atoms with Gasteiger partial charge in [-0.2, -0.15) is 0 Å². The zero-order valence-electron chi connectivity index (χ0n) is 11.9. The van der Waals surface area contributed by atoms with Gasteiger partial charge in [0.15, 0.2) is 0 Å². The first-order chi connectivity index (χ1) is 9.28. The van der Waals surface area contributed by atoms with Gasteiger partial charge in [-0.3, -0.25) is 4.98 Å². The molecule has 1 N–H and O–H groups in total. The molecule has 3 heteroatoms. The molecule has 2 rings (SSSR count). The molecule has 3 nitrogen and oxygen atoms in total. The molecule has 1 aromatic rings. The zero-order chi connectivity index (χ0) is 13.7. The highest BCUT2D eigenvalue weighted by molar-refractivity contribution is 5.46. The minimum absolute atomic E-state index is 0.332. The van der Waals surface area contributed by atoms with E-state index in [1.54, 1.807) is 0 Å². The summed E-state index contributed by atoms with van der Waals surface area (Å²) in [5, 5.41) is 3.28. The van der Waals surface area contributed by atoms with Gasteiger partial charge in [-0.25, -0.2) is 0 Å². The largest absolute Gasteiger partial charge is 0.359 e. The lowest BCUT2D eigenvalue weighted by atomic mass is 10.1. The molecule has 1 atom stereocenters. The van der Waals surface area contributed by atoms with Crippen LogP contribution in [0, 0.1) is 18.3 Å². The maximum Gasteiger partial charge on any atom is 0.0792 e. The topological polar surface area (TPSA) is 28.2 Å².